The first-order valence-electron chi connectivity index (χ1n) is 11.2. The Hall–Kier alpha value is -3.55. The normalized spacial score (nSPS) is 22.9. The summed E-state index contributed by atoms with van der Waals surface area (Å²) >= 11 is 0. The van der Waals surface area contributed by atoms with Crippen molar-refractivity contribution in [3.8, 4) is 11.1 Å². The summed E-state index contributed by atoms with van der Waals surface area (Å²) in [4.78, 5) is 36.1. The standard InChI is InChI=1S/C24H25N7O/c1-24(22(32)31-8-2-3-9-31)11-16(12-24)29-23-28-14-18-17(13-27-21(18)30-23)15-4-5-19-20(10-15)26-7-6-25-19/h4-7,10,13-14,16H,2-3,8-9,11-12H2,1H3,(H2,27,28,29,30)/t16-,24-. The van der Waals surface area contributed by atoms with Crippen LogP contribution >= 0.6 is 0 Å². The highest BCUT2D eigenvalue weighted by atomic mass is 16.2. The van der Waals surface area contributed by atoms with Crippen molar-refractivity contribution in [3.05, 3.63) is 43.0 Å². The van der Waals surface area contributed by atoms with Gasteiger partial charge in [0, 0.05) is 54.9 Å². The lowest BCUT2D eigenvalue weighted by Crippen LogP contribution is -2.53. The molecule has 4 heterocycles. The summed E-state index contributed by atoms with van der Waals surface area (Å²) in [6.45, 7) is 3.90. The van der Waals surface area contributed by atoms with Crippen LogP contribution in [0.1, 0.15) is 32.6 Å². The first-order valence-corrected chi connectivity index (χ1v) is 11.2. The lowest BCUT2D eigenvalue weighted by molar-refractivity contribution is -0.145. The predicted octanol–water partition coefficient (Wildman–Crippen LogP) is 3.77. The topological polar surface area (TPSA) is 99.7 Å². The zero-order chi connectivity index (χ0) is 21.7. The number of carbonyl (C=O) groups is 1. The van der Waals surface area contributed by atoms with E-state index in [1.54, 1.807) is 12.4 Å². The third-order valence-corrected chi connectivity index (χ3v) is 6.85. The molecule has 8 nitrogen and oxygen atoms in total. The second kappa shape index (κ2) is 7.25. The second-order valence-corrected chi connectivity index (χ2v) is 9.23. The minimum Gasteiger partial charge on any atom is -0.351 e. The van der Waals surface area contributed by atoms with E-state index in [0.29, 0.717) is 11.9 Å². The van der Waals surface area contributed by atoms with Crippen molar-refractivity contribution < 1.29 is 4.79 Å². The number of rotatable bonds is 4. The summed E-state index contributed by atoms with van der Waals surface area (Å²) in [6.07, 6.45) is 11.1. The number of nitrogens with one attached hydrogen (secondary N) is 2. The SMILES string of the molecule is C[C@]1(C(=O)N2CCCC2)C[C@H](Nc2ncc3c(-c4ccc5nccnc5c4)c[nH]c3n2)C1. The maximum absolute atomic E-state index is 12.8. The molecular weight excluding hydrogens is 402 g/mol. The molecule has 32 heavy (non-hydrogen) atoms. The first-order chi connectivity index (χ1) is 15.6. The van der Waals surface area contributed by atoms with Crippen LogP contribution in [-0.2, 0) is 4.79 Å². The van der Waals surface area contributed by atoms with E-state index in [9.17, 15) is 4.79 Å². The Bertz CT molecular complexity index is 1320. The van der Waals surface area contributed by atoms with Crippen LogP contribution in [0.4, 0.5) is 5.95 Å². The molecule has 1 aliphatic carbocycles. The molecule has 3 aromatic heterocycles. The van der Waals surface area contributed by atoms with Gasteiger partial charge in [-0.2, -0.15) is 4.98 Å². The van der Waals surface area contributed by atoms with E-state index in [2.05, 4.69) is 37.2 Å². The van der Waals surface area contributed by atoms with E-state index in [1.165, 1.54) is 0 Å². The van der Waals surface area contributed by atoms with Crippen LogP contribution < -0.4 is 5.32 Å². The second-order valence-electron chi connectivity index (χ2n) is 9.23. The van der Waals surface area contributed by atoms with Gasteiger partial charge in [0.15, 0.2) is 0 Å². The third kappa shape index (κ3) is 3.18. The van der Waals surface area contributed by atoms with E-state index < -0.39 is 0 Å². The number of H-pyrrole nitrogens is 1. The lowest BCUT2D eigenvalue weighted by atomic mass is 9.66. The number of fused-ring (bicyclic) bond motifs is 2. The van der Waals surface area contributed by atoms with Crippen LogP contribution in [0, 0.1) is 5.41 Å². The van der Waals surface area contributed by atoms with E-state index in [0.717, 1.165) is 72.0 Å². The van der Waals surface area contributed by atoms with Gasteiger partial charge >= 0.3 is 0 Å². The molecule has 2 aliphatic rings. The number of aromatic nitrogens is 5. The number of nitrogens with zero attached hydrogens (tertiary/aromatic N) is 5. The fraction of sp³-hybridized carbons (Fsp3) is 0.375. The highest BCUT2D eigenvalue weighted by molar-refractivity contribution is 5.95. The Balaban J connectivity index is 1.18. The minimum absolute atomic E-state index is 0.220. The number of hydrogen-bond acceptors (Lipinski definition) is 6. The summed E-state index contributed by atoms with van der Waals surface area (Å²) in [5.74, 6) is 0.898. The minimum atomic E-state index is -0.259. The number of likely N-dealkylation sites (tertiary alicyclic amines) is 1. The molecule has 6 rings (SSSR count). The Morgan fingerprint density at radius 1 is 1.12 bits per heavy atom. The summed E-state index contributed by atoms with van der Waals surface area (Å²) < 4.78 is 0. The molecular formula is C24H25N7O. The highest BCUT2D eigenvalue weighted by Crippen LogP contribution is 2.44. The molecule has 0 bridgehead atoms. The van der Waals surface area contributed by atoms with Gasteiger partial charge in [-0.05, 0) is 43.4 Å². The van der Waals surface area contributed by atoms with E-state index >= 15 is 0 Å². The fourth-order valence-corrected chi connectivity index (χ4v) is 5.14. The van der Waals surface area contributed by atoms with E-state index in [1.807, 2.05) is 35.5 Å². The molecule has 1 aromatic carbocycles. The number of carbonyl (C=O) groups excluding carboxylic acids is 1. The van der Waals surface area contributed by atoms with Crippen molar-refractivity contribution in [1.29, 1.82) is 0 Å². The third-order valence-electron chi connectivity index (χ3n) is 6.85. The van der Waals surface area contributed by atoms with Gasteiger partial charge in [0.05, 0.1) is 16.4 Å². The molecule has 8 heteroatoms. The molecule has 1 amide bonds. The van der Waals surface area contributed by atoms with E-state index in [4.69, 9.17) is 0 Å². The molecule has 1 saturated heterocycles. The molecule has 0 radical (unpaired) electrons. The van der Waals surface area contributed by atoms with Crippen molar-refractivity contribution in [2.45, 2.75) is 38.6 Å². The summed E-state index contributed by atoms with van der Waals surface area (Å²) in [6, 6.07) is 6.27. The van der Waals surface area contributed by atoms with Crippen molar-refractivity contribution in [2.75, 3.05) is 18.4 Å². The summed E-state index contributed by atoms with van der Waals surface area (Å²) in [5.41, 5.74) is 4.33. The molecule has 0 unspecified atom stereocenters. The number of aromatic amines is 1. The number of amides is 1. The fourth-order valence-electron chi connectivity index (χ4n) is 5.14. The van der Waals surface area contributed by atoms with Gasteiger partial charge in [-0.15, -0.1) is 0 Å². The molecule has 1 aliphatic heterocycles. The largest absolute Gasteiger partial charge is 0.351 e. The Labute approximate surface area is 185 Å². The van der Waals surface area contributed by atoms with Crippen LogP contribution in [0.3, 0.4) is 0 Å². The maximum atomic E-state index is 12.8. The number of anilines is 1. The van der Waals surface area contributed by atoms with Crippen molar-refractivity contribution in [2.24, 2.45) is 5.41 Å². The Kier molecular flexibility index (Phi) is 4.34. The lowest BCUT2D eigenvalue weighted by Gasteiger charge is -2.45. The van der Waals surface area contributed by atoms with Crippen LogP contribution in [0.5, 0.6) is 0 Å². The smallest absolute Gasteiger partial charge is 0.228 e. The van der Waals surface area contributed by atoms with Gasteiger partial charge in [0.2, 0.25) is 11.9 Å². The zero-order valence-corrected chi connectivity index (χ0v) is 18.0. The molecule has 0 spiro atoms. The molecule has 162 valence electrons. The molecule has 2 fully saturated rings. The summed E-state index contributed by atoms with van der Waals surface area (Å²) in [5, 5.41) is 4.37. The van der Waals surface area contributed by atoms with Crippen LogP contribution in [0.2, 0.25) is 0 Å². The molecule has 1 saturated carbocycles. The quantitative estimate of drug-likeness (QED) is 0.514. The zero-order valence-electron chi connectivity index (χ0n) is 18.0. The van der Waals surface area contributed by atoms with Gasteiger partial charge in [-0.3, -0.25) is 14.8 Å². The average molecular weight is 428 g/mol. The number of benzene rings is 1. The van der Waals surface area contributed by atoms with E-state index in [-0.39, 0.29) is 11.5 Å². The van der Waals surface area contributed by atoms with Crippen LogP contribution in [-0.4, -0.2) is 54.9 Å². The van der Waals surface area contributed by atoms with Gasteiger partial charge < -0.3 is 15.2 Å². The van der Waals surface area contributed by atoms with Gasteiger partial charge in [0.25, 0.3) is 0 Å². The van der Waals surface area contributed by atoms with Gasteiger partial charge in [-0.25, -0.2) is 4.98 Å². The van der Waals surface area contributed by atoms with Crippen molar-refractivity contribution >= 4 is 33.9 Å². The number of hydrogen-bond donors (Lipinski definition) is 2. The Morgan fingerprint density at radius 2 is 1.91 bits per heavy atom. The van der Waals surface area contributed by atoms with Gasteiger partial charge in [0.1, 0.15) is 5.65 Å². The highest BCUT2D eigenvalue weighted by Gasteiger charge is 2.48. The molecule has 4 aromatic rings. The molecule has 0 atom stereocenters. The average Bonchev–Trinajstić information content (AvgIpc) is 3.47. The first kappa shape index (κ1) is 19.2. The maximum Gasteiger partial charge on any atom is 0.228 e. The van der Waals surface area contributed by atoms with Crippen molar-refractivity contribution in [3.63, 3.8) is 0 Å². The monoisotopic (exact) mass is 427 g/mol. The predicted molar refractivity (Wildman–Crippen MR) is 123 cm³/mol. The molecule has 2 N–H and O–H groups in total. The summed E-state index contributed by atoms with van der Waals surface area (Å²) in [7, 11) is 0. The Morgan fingerprint density at radius 3 is 2.72 bits per heavy atom. The van der Waals surface area contributed by atoms with Gasteiger partial charge in [-0.1, -0.05) is 13.0 Å². The van der Waals surface area contributed by atoms with Crippen molar-refractivity contribution in [1.82, 2.24) is 29.8 Å². The van der Waals surface area contributed by atoms with Crippen LogP contribution in [0.15, 0.2) is 43.0 Å². The van der Waals surface area contributed by atoms with Crippen LogP contribution in [0.25, 0.3) is 33.2 Å².